The first kappa shape index (κ1) is 20.7. The van der Waals surface area contributed by atoms with Gasteiger partial charge in [0, 0.05) is 6.92 Å². The molecule has 5 heteroatoms. The largest absolute Gasteiger partial charge is 0.339 e. The third kappa shape index (κ3) is 26.8. The number of carbonyl (C=O) groups excluding carboxylic acids is 1. The summed E-state index contributed by atoms with van der Waals surface area (Å²) in [7, 11) is 0. The summed E-state index contributed by atoms with van der Waals surface area (Å²) in [5.41, 5.74) is -0.430. The van der Waals surface area contributed by atoms with Gasteiger partial charge in [0.1, 0.15) is 0 Å². The zero-order valence-electron chi connectivity index (χ0n) is 13.7. The molecule has 0 rings (SSSR count). The predicted octanol–water partition coefficient (Wildman–Crippen LogP) is 3.81. The highest BCUT2D eigenvalue weighted by atomic mass is 17.2. The summed E-state index contributed by atoms with van der Waals surface area (Å²) in [6, 6.07) is 0. The lowest BCUT2D eigenvalue weighted by Crippen LogP contribution is -2.27. The fraction of sp³-hybridized carbons (Fsp3) is 0.929. The van der Waals surface area contributed by atoms with E-state index in [1.165, 1.54) is 6.92 Å². The molecule has 116 valence electrons. The predicted molar refractivity (Wildman–Crippen MR) is 74.3 cm³/mol. The molecular weight excluding hydrogens is 248 g/mol. The summed E-state index contributed by atoms with van der Waals surface area (Å²) in [4.78, 5) is 28.9. The first-order valence-corrected chi connectivity index (χ1v) is 6.65. The Kier molecular flexibility index (Phi) is 11.1. The van der Waals surface area contributed by atoms with Crippen LogP contribution in [0.2, 0.25) is 0 Å². The van der Waals surface area contributed by atoms with Crippen molar-refractivity contribution in [3.8, 4) is 0 Å². The van der Waals surface area contributed by atoms with Crippen molar-refractivity contribution in [2.24, 2.45) is 0 Å². The molecule has 0 aromatic carbocycles. The van der Waals surface area contributed by atoms with Crippen molar-refractivity contribution in [1.82, 2.24) is 0 Å². The molecule has 0 aromatic rings. The fourth-order valence-electron chi connectivity index (χ4n) is 0.578. The number of hydrogen-bond acceptors (Lipinski definition) is 5. The average Bonchev–Trinajstić information content (AvgIpc) is 2.21. The van der Waals surface area contributed by atoms with Gasteiger partial charge in [0.15, 0.2) is 0 Å². The summed E-state index contributed by atoms with van der Waals surface area (Å²) in [6.07, 6.45) is 1.97. The van der Waals surface area contributed by atoms with E-state index in [1.54, 1.807) is 0 Å². The normalized spacial score (nSPS) is 11.6. The second kappa shape index (κ2) is 10.2. The highest BCUT2D eigenvalue weighted by molar-refractivity contribution is 5.65. The average molecular weight is 278 g/mol. The number of unbranched alkanes of at least 4 members (excludes halogenated alkanes) is 1. The molecule has 0 bridgehead atoms. The zero-order valence-corrected chi connectivity index (χ0v) is 13.7. The third-order valence-electron chi connectivity index (χ3n) is 1.30. The monoisotopic (exact) mass is 278 g/mol. The molecule has 0 atom stereocenters. The highest BCUT2D eigenvalue weighted by Gasteiger charge is 2.18. The summed E-state index contributed by atoms with van der Waals surface area (Å²) in [5, 5.41) is 0. The van der Waals surface area contributed by atoms with Crippen LogP contribution < -0.4 is 0 Å². The first-order valence-electron chi connectivity index (χ1n) is 6.65. The highest BCUT2D eigenvalue weighted by Crippen LogP contribution is 2.14. The molecule has 0 unspecified atom stereocenters. The van der Waals surface area contributed by atoms with Gasteiger partial charge in [-0.05, 0) is 48.0 Å². The van der Waals surface area contributed by atoms with Crippen LogP contribution in [0.5, 0.6) is 0 Å². The Bertz CT molecular complexity index is 211. The van der Waals surface area contributed by atoms with Crippen LogP contribution >= 0.6 is 0 Å². The summed E-state index contributed by atoms with van der Waals surface area (Å²) in [5.74, 6) is -0.397. The van der Waals surface area contributed by atoms with Gasteiger partial charge < -0.3 is 0 Å². The summed E-state index contributed by atoms with van der Waals surface area (Å²) >= 11 is 0. The van der Waals surface area contributed by atoms with Gasteiger partial charge >= 0.3 is 5.97 Å². The maximum absolute atomic E-state index is 10.1. The van der Waals surface area contributed by atoms with Crippen LogP contribution in [0, 0.1) is 0 Å². The molecule has 19 heavy (non-hydrogen) atoms. The Hall–Kier alpha value is -0.650. The van der Waals surface area contributed by atoms with Crippen molar-refractivity contribution < 1.29 is 24.3 Å². The number of hydrogen-bond donors (Lipinski definition) is 0. The van der Waals surface area contributed by atoms with E-state index in [0.717, 1.165) is 12.8 Å². The van der Waals surface area contributed by atoms with Crippen LogP contribution in [0.4, 0.5) is 0 Å². The molecule has 0 spiro atoms. The Morgan fingerprint density at radius 2 is 1.37 bits per heavy atom. The second-order valence-corrected chi connectivity index (χ2v) is 6.14. The van der Waals surface area contributed by atoms with E-state index in [9.17, 15) is 4.79 Å². The van der Waals surface area contributed by atoms with E-state index in [-0.39, 0.29) is 11.2 Å². The topological polar surface area (TPSA) is 54.0 Å². The molecule has 0 heterocycles. The smallest absolute Gasteiger partial charge is 0.299 e. The van der Waals surface area contributed by atoms with E-state index in [2.05, 4.69) is 9.78 Å². The molecular formula is C14H30O5. The molecule has 0 aliphatic rings. The van der Waals surface area contributed by atoms with Gasteiger partial charge in [-0.2, -0.15) is 4.89 Å². The van der Waals surface area contributed by atoms with Gasteiger partial charge in [-0.25, -0.2) is 14.6 Å². The molecule has 0 aliphatic carbocycles. The second-order valence-electron chi connectivity index (χ2n) is 6.14. The Morgan fingerprint density at radius 3 is 1.63 bits per heavy atom. The Balaban J connectivity index is 0. The van der Waals surface area contributed by atoms with Gasteiger partial charge in [-0.15, -0.1) is 0 Å². The van der Waals surface area contributed by atoms with E-state index >= 15 is 0 Å². The van der Waals surface area contributed by atoms with Crippen LogP contribution in [-0.4, -0.2) is 23.8 Å². The molecule has 0 aromatic heterocycles. The SMILES string of the molecule is CC(C)(C)OOC(C)(C)C.CCCCOOC(C)=O. The zero-order chi connectivity index (χ0) is 15.5. The number of rotatable bonds is 5. The lowest BCUT2D eigenvalue weighted by Gasteiger charge is -2.24. The Labute approximate surface area is 117 Å². The van der Waals surface area contributed by atoms with Crippen molar-refractivity contribution >= 4 is 5.97 Å². The van der Waals surface area contributed by atoms with Crippen molar-refractivity contribution in [3.05, 3.63) is 0 Å². The minimum atomic E-state index is -0.397. The summed E-state index contributed by atoms with van der Waals surface area (Å²) in [6.45, 7) is 15.6. The van der Waals surface area contributed by atoms with E-state index in [4.69, 9.17) is 9.78 Å². The van der Waals surface area contributed by atoms with Crippen molar-refractivity contribution in [2.45, 2.75) is 79.4 Å². The third-order valence-corrected chi connectivity index (χ3v) is 1.30. The lowest BCUT2D eigenvalue weighted by atomic mass is 10.2. The fourth-order valence-corrected chi connectivity index (χ4v) is 0.578. The molecule has 0 amide bonds. The standard InChI is InChI=1S/C8H18O2.C6H12O3/c1-7(2,3)9-10-8(4,5)6;1-3-4-5-8-9-6(2)7/h1-6H3;3-5H2,1-2H3. The Morgan fingerprint density at radius 1 is 0.947 bits per heavy atom. The van der Waals surface area contributed by atoms with Crippen LogP contribution in [-0.2, 0) is 24.3 Å². The van der Waals surface area contributed by atoms with Crippen LogP contribution in [0.1, 0.15) is 68.2 Å². The van der Waals surface area contributed by atoms with Crippen LogP contribution in [0.3, 0.4) is 0 Å². The van der Waals surface area contributed by atoms with Gasteiger partial charge in [-0.1, -0.05) is 13.3 Å². The van der Waals surface area contributed by atoms with E-state index in [0.29, 0.717) is 6.61 Å². The van der Waals surface area contributed by atoms with Gasteiger partial charge in [0.05, 0.1) is 17.8 Å². The summed E-state index contributed by atoms with van der Waals surface area (Å²) < 4.78 is 0. The molecule has 0 saturated carbocycles. The van der Waals surface area contributed by atoms with Crippen LogP contribution in [0.25, 0.3) is 0 Å². The van der Waals surface area contributed by atoms with E-state index in [1.807, 2.05) is 48.5 Å². The molecule has 0 aliphatic heterocycles. The molecule has 5 nitrogen and oxygen atoms in total. The molecule has 0 N–H and O–H groups in total. The van der Waals surface area contributed by atoms with Crippen LogP contribution in [0.15, 0.2) is 0 Å². The quantitative estimate of drug-likeness (QED) is 0.435. The van der Waals surface area contributed by atoms with Gasteiger partial charge in [-0.3, -0.25) is 4.89 Å². The minimum absolute atomic E-state index is 0.215. The number of carbonyl (C=O) groups is 1. The molecule has 0 radical (unpaired) electrons. The first-order chi connectivity index (χ1) is 8.48. The van der Waals surface area contributed by atoms with E-state index < -0.39 is 5.97 Å². The lowest BCUT2D eigenvalue weighted by molar-refractivity contribution is -0.393. The van der Waals surface area contributed by atoms with Crippen molar-refractivity contribution in [2.75, 3.05) is 6.61 Å². The van der Waals surface area contributed by atoms with Crippen molar-refractivity contribution in [1.29, 1.82) is 0 Å². The van der Waals surface area contributed by atoms with Crippen molar-refractivity contribution in [3.63, 3.8) is 0 Å². The molecule has 0 fully saturated rings. The van der Waals surface area contributed by atoms with Gasteiger partial charge in [0.2, 0.25) is 0 Å². The molecule has 0 saturated heterocycles. The maximum Gasteiger partial charge on any atom is 0.339 e. The maximum atomic E-state index is 10.1. The van der Waals surface area contributed by atoms with Gasteiger partial charge in [0.25, 0.3) is 0 Å². The minimum Gasteiger partial charge on any atom is -0.299 e.